The summed E-state index contributed by atoms with van der Waals surface area (Å²) in [5.74, 6) is -0.405. The Morgan fingerprint density at radius 2 is 1.78 bits per heavy atom. The number of halogens is 2. The molecule has 3 heteroatoms. The molecule has 2 unspecified atom stereocenters. The van der Waals surface area contributed by atoms with Crippen LogP contribution in [0.15, 0.2) is 18.2 Å². The summed E-state index contributed by atoms with van der Waals surface area (Å²) in [4.78, 5) is 0. The van der Waals surface area contributed by atoms with Gasteiger partial charge in [0.05, 0.1) is 0 Å². The molecule has 1 nitrogen and oxygen atoms in total. The van der Waals surface area contributed by atoms with E-state index in [-0.39, 0.29) is 6.04 Å². The van der Waals surface area contributed by atoms with Gasteiger partial charge in [-0.25, -0.2) is 8.78 Å². The molecule has 0 aliphatic heterocycles. The third-order valence-electron chi connectivity index (χ3n) is 3.34. The van der Waals surface area contributed by atoms with Crippen molar-refractivity contribution in [1.29, 1.82) is 0 Å². The van der Waals surface area contributed by atoms with Crippen molar-refractivity contribution in [2.45, 2.75) is 39.7 Å². The molecule has 0 saturated heterocycles. The molecular weight excluding hydrogens is 232 g/mol. The summed E-state index contributed by atoms with van der Waals surface area (Å²) in [5.41, 5.74) is 0.837. The zero-order chi connectivity index (χ0) is 13.7. The molecule has 102 valence electrons. The van der Waals surface area contributed by atoms with Gasteiger partial charge in [0.25, 0.3) is 0 Å². The van der Waals surface area contributed by atoms with Crippen LogP contribution in [0.3, 0.4) is 0 Å². The molecule has 18 heavy (non-hydrogen) atoms. The molecule has 0 aliphatic carbocycles. The molecular formula is C15H23F2N. The lowest BCUT2D eigenvalue weighted by atomic mass is 9.88. The van der Waals surface area contributed by atoms with Gasteiger partial charge in [-0.2, -0.15) is 0 Å². The standard InChI is InChI=1S/C15H23F2N/c1-10(2)7-11(3)15(18-4)9-12-5-6-13(16)14(17)8-12/h5-6,8,10-11,15,18H,7,9H2,1-4H3. The summed E-state index contributed by atoms with van der Waals surface area (Å²) >= 11 is 0. The van der Waals surface area contributed by atoms with Crippen molar-refractivity contribution in [1.82, 2.24) is 5.32 Å². The van der Waals surface area contributed by atoms with Crippen LogP contribution in [0.1, 0.15) is 32.8 Å². The van der Waals surface area contributed by atoms with E-state index >= 15 is 0 Å². The van der Waals surface area contributed by atoms with Crippen molar-refractivity contribution in [3.63, 3.8) is 0 Å². The first kappa shape index (κ1) is 15.1. The van der Waals surface area contributed by atoms with Gasteiger partial charge in [0.15, 0.2) is 11.6 Å². The van der Waals surface area contributed by atoms with Gasteiger partial charge in [0.1, 0.15) is 0 Å². The van der Waals surface area contributed by atoms with Crippen LogP contribution in [0.25, 0.3) is 0 Å². The zero-order valence-electron chi connectivity index (χ0n) is 11.6. The third-order valence-corrected chi connectivity index (χ3v) is 3.34. The number of likely N-dealkylation sites (N-methyl/N-ethyl adjacent to an activating group) is 1. The van der Waals surface area contributed by atoms with Crippen LogP contribution in [0.2, 0.25) is 0 Å². The highest BCUT2D eigenvalue weighted by molar-refractivity contribution is 5.19. The lowest BCUT2D eigenvalue weighted by molar-refractivity contribution is 0.334. The Kier molecular flexibility index (Phi) is 5.73. The fourth-order valence-corrected chi connectivity index (χ4v) is 2.42. The van der Waals surface area contributed by atoms with Crippen molar-refractivity contribution in [3.8, 4) is 0 Å². The molecule has 0 radical (unpaired) electrons. The molecule has 0 spiro atoms. The molecule has 1 aromatic carbocycles. The Bertz CT molecular complexity index is 377. The van der Waals surface area contributed by atoms with Gasteiger partial charge in [-0.05, 0) is 49.4 Å². The second-order valence-electron chi connectivity index (χ2n) is 5.45. The highest BCUT2D eigenvalue weighted by Crippen LogP contribution is 2.19. The van der Waals surface area contributed by atoms with Crippen molar-refractivity contribution in [3.05, 3.63) is 35.4 Å². The van der Waals surface area contributed by atoms with Gasteiger partial charge >= 0.3 is 0 Å². The quantitative estimate of drug-likeness (QED) is 0.815. The monoisotopic (exact) mass is 255 g/mol. The SMILES string of the molecule is CNC(Cc1ccc(F)c(F)c1)C(C)CC(C)C. The number of rotatable bonds is 6. The van der Waals surface area contributed by atoms with Gasteiger partial charge in [-0.15, -0.1) is 0 Å². The minimum absolute atomic E-state index is 0.289. The summed E-state index contributed by atoms with van der Waals surface area (Å²) < 4.78 is 26.0. The first-order valence-corrected chi connectivity index (χ1v) is 6.55. The first-order chi connectivity index (χ1) is 8.43. The van der Waals surface area contributed by atoms with Crippen LogP contribution in [-0.2, 0) is 6.42 Å². The van der Waals surface area contributed by atoms with Crippen LogP contribution in [-0.4, -0.2) is 13.1 Å². The van der Waals surface area contributed by atoms with Crippen LogP contribution >= 0.6 is 0 Å². The van der Waals surface area contributed by atoms with Gasteiger partial charge in [-0.1, -0.05) is 26.8 Å². The van der Waals surface area contributed by atoms with Crippen LogP contribution in [0, 0.1) is 23.5 Å². The number of nitrogens with one attached hydrogen (secondary N) is 1. The minimum Gasteiger partial charge on any atom is -0.316 e. The number of benzene rings is 1. The molecule has 0 fully saturated rings. The lowest BCUT2D eigenvalue weighted by Crippen LogP contribution is -2.34. The average Bonchev–Trinajstić information content (AvgIpc) is 2.29. The normalized spacial score (nSPS) is 14.8. The van der Waals surface area contributed by atoms with Crippen molar-refractivity contribution >= 4 is 0 Å². The van der Waals surface area contributed by atoms with E-state index in [1.807, 2.05) is 7.05 Å². The van der Waals surface area contributed by atoms with Gasteiger partial charge in [-0.3, -0.25) is 0 Å². The third kappa shape index (κ3) is 4.37. The minimum atomic E-state index is -0.782. The van der Waals surface area contributed by atoms with E-state index in [2.05, 4.69) is 26.1 Å². The van der Waals surface area contributed by atoms with Crippen molar-refractivity contribution in [2.24, 2.45) is 11.8 Å². The fraction of sp³-hybridized carbons (Fsp3) is 0.600. The Labute approximate surface area is 109 Å². The largest absolute Gasteiger partial charge is 0.316 e. The van der Waals surface area contributed by atoms with Gasteiger partial charge in [0, 0.05) is 6.04 Å². The van der Waals surface area contributed by atoms with Gasteiger partial charge in [0.2, 0.25) is 0 Å². The van der Waals surface area contributed by atoms with Crippen molar-refractivity contribution in [2.75, 3.05) is 7.05 Å². The Balaban J connectivity index is 2.70. The second-order valence-corrected chi connectivity index (χ2v) is 5.45. The predicted molar refractivity (Wildman–Crippen MR) is 71.5 cm³/mol. The van der Waals surface area contributed by atoms with E-state index < -0.39 is 11.6 Å². The Morgan fingerprint density at radius 1 is 1.11 bits per heavy atom. The summed E-state index contributed by atoms with van der Waals surface area (Å²) in [7, 11) is 1.92. The maximum absolute atomic E-state index is 13.1. The van der Waals surface area contributed by atoms with Gasteiger partial charge < -0.3 is 5.32 Å². The molecule has 0 amide bonds. The maximum atomic E-state index is 13.1. The molecule has 0 saturated carbocycles. The van der Waals surface area contributed by atoms with E-state index in [0.29, 0.717) is 11.8 Å². The molecule has 0 aliphatic rings. The molecule has 0 heterocycles. The summed E-state index contributed by atoms with van der Waals surface area (Å²) in [6.07, 6.45) is 1.84. The lowest BCUT2D eigenvalue weighted by Gasteiger charge is -2.25. The molecule has 2 atom stereocenters. The summed E-state index contributed by atoms with van der Waals surface area (Å²) in [6.45, 7) is 6.59. The zero-order valence-corrected chi connectivity index (χ0v) is 11.6. The highest BCUT2D eigenvalue weighted by atomic mass is 19.2. The summed E-state index contributed by atoms with van der Waals surface area (Å²) in [5, 5.41) is 3.27. The van der Waals surface area contributed by atoms with E-state index in [0.717, 1.165) is 18.4 Å². The molecule has 0 bridgehead atoms. The summed E-state index contributed by atoms with van der Waals surface area (Å²) in [6, 6.07) is 4.44. The van der Waals surface area contributed by atoms with E-state index in [1.54, 1.807) is 6.07 Å². The van der Waals surface area contributed by atoms with Crippen molar-refractivity contribution < 1.29 is 8.78 Å². The highest BCUT2D eigenvalue weighted by Gasteiger charge is 2.17. The topological polar surface area (TPSA) is 12.0 Å². The maximum Gasteiger partial charge on any atom is 0.159 e. The second kappa shape index (κ2) is 6.83. The van der Waals surface area contributed by atoms with E-state index in [1.165, 1.54) is 12.1 Å². The van der Waals surface area contributed by atoms with E-state index in [9.17, 15) is 8.78 Å². The van der Waals surface area contributed by atoms with Crippen LogP contribution in [0.5, 0.6) is 0 Å². The van der Waals surface area contributed by atoms with E-state index in [4.69, 9.17) is 0 Å². The Hall–Kier alpha value is -0.960. The molecule has 0 aromatic heterocycles. The van der Waals surface area contributed by atoms with Crippen LogP contribution < -0.4 is 5.32 Å². The average molecular weight is 255 g/mol. The number of hydrogen-bond acceptors (Lipinski definition) is 1. The molecule has 1 rings (SSSR count). The molecule has 1 aromatic rings. The first-order valence-electron chi connectivity index (χ1n) is 6.55. The van der Waals surface area contributed by atoms with Crippen LogP contribution in [0.4, 0.5) is 8.78 Å². The predicted octanol–water partition coefficient (Wildman–Crippen LogP) is 3.78. The molecule has 1 N–H and O–H groups in total. The fourth-order valence-electron chi connectivity index (χ4n) is 2.42. The smallest absolute Gasteiger partial charge is 0.159 e. The Morgan fingerprint density at radius 3 is 2.28 bits per heavy atom. The number of hydrogen-bond donors (Lipinski definition) is 1.